The summed E-state index contributed by atoms with van der Waals surface area (Å²) in [5.74, 6) is 1.86. The van der Waals surface area contributed by atoms with Gasteiger partial charge in [0.25, 0.3) is 5.89 Å². The molecule has 0 saturated heterocycles. The van der Waals surface area contributed by atoms with Crippen molar-refractivity contribution in [2.24, 2.45) is 0 Å². The fraction of sp³-hybridized carbons (Fsp3) is 0.263. The molecule has 0 aliphatic heterocycles. The highest BCUT2D eigenvalue weighted by atomic mass is 16.5. The van der Waals surface area contributed by atoms with E-state index in [9.17, 15) is 0 Å². The number of ether oxygens (including phenoxy) is 2. The number of benzene rings is 2. The van der Waals surface area contributed by atoms with E-state index in [1.807, 2.05) is 24.3 Å². The van der Waals surface area contributed by atoms with E-state index in [4.69, 9.17) is 14.0 Å². The first-order valence-corrected chi connectivity index (χ1v) is 7.85. The molecule has 0 fully saturated rings. The van der Waals surface area contributed by atoms with Crippen LogP contribution < -0.4 is 4.74 Å². The van der Waals surface area contributed by atoms with Crippen LogP contribution in [0.15, 0.2) is 53.1 Å². The van der Waals surface area contributed by atoms with Crippen molar-refractivity contribution in [3.63, 3.8) is 0 Å². The number of hydrogen-bond acceptors (Lipinski definition) is 5. The standard InChI is InChI=1S/C19H20N2O3/c1-14-3-5-15(6-4-14)16-7-9-17(10-8-16)23-13-19-20-18(21-24-19)11-12-22-2/h3-10H,11-13H2,1-2H3. The van der Waals surface area contributed by atoms with Crippen molar-refractivity contribution in [2.45, 2.75) is 20.0 Å². The second-order valence-corrected chi connectivity index (χ2v) is 5.53. The lowest BCUT2D eigenvalue weighted by Gasteiger charge is -2.06. The molecule has 0 aliphatic rings. The molecule has 0 unspecified atom stereocenters. The van der Waals surface area contributed by atoms with Gasteiger partial charge in [0, 0.05) is 13.5 Å². The molecule has 24 heavy (non-hydrogen) atoms. The van der Waals surface area contributed by atoms with Gasteiger partial charge in [-0.15, -0.1) is 0 Å². The molecule has 0 aliphatic carbocycles. The number of hydrogen-bond donors (Lipinski definition) is 0. The zero-order valence-corrected chi connectivity index (χ0v) is 13.9. The summed E-state index contributed by atoms with van der Waals surface area (Å²) >= 11 is 0. The normalized spacial score (nSPS) is 10.8. The van der Waals surface area contributed by atoms with Gasteiger partial charge < -0.3 is 14.0 Å². The minimum Gasteiger partial charge on any atom is -0.484 e. The third-order valence-corrected chi connectivity index (χ3v) is 3.64. The lowest BCUT2D eigenvalue weighted by molar-refractivity contribution is 0.199. The predicted octanol–water partition coefficient (Wildman–Crippen LogP) is 3.81. The Hall–Kier alpha value is -2.66. The molecule has 0 spiro atoms. The van der Waals surface area contributed by atoms with Crippen LogP contribution in [-0.4, -0.2) is 23.9 Å². The maximum Gasteiger partial charge on any atom is 0.264 e. The zero-order chi connectivity index (χ0) is 16.8. The van der Waals surface area contributed by atoms with E-state index in [1.54, 1.807) is 7.11 Å². The van der Waals surface area contributed by atoms with E-state index in [0.29, 0.717) is 24.7 Å². The largest absolute Gasteiger partial charge is 0.484 e. The molecule has 0 radical (unpaired) electrons. The molecular formula is C19H20N2O3. The molecular weight excluding hydrogens is 304 g/mol. The molecule has 5 heteroatoms. The molecule has 0 N–H and O–H groups in total. The molecule has 1 heterocycles. The molecule has 0 atom stereocenters. The number of aryl methyl sites for hydroxylation is 1. The van der Waals surface area contributed by atoms with Crippen LogP contribution in [0.4, 0.5) is 0 Å². The Bertz CT molecular complexity index is 764. The Morgan fingerprint density at radius 2 is 1.62 bits per heavy atom. The van der Waals surface area contributed by atoms with Gasteiger partial charge in [-0.3, -0.25) is 0 Å². The Morgan fingerprint density at radius 1 is 0.958 bits per heavy atom. The van der Waals surface area contributed by atoms with Crippen molar-refractivity contribution >= 4 is 0 Å². The second-order valence-electron chi connectivity index (χ2n) is 5.53. The average molecular weight is 324 g/mol. The van der Waals surface area contributed by atoms with E-state index >= 15 is 0 Å². The summed E-state index contributed by atoms with van der Waals surface area (Å²) in [6.07, 6.45) is 0.630. The first-order valence-electron chi connectivity index (χ1n) is 7.85. The third-order valence-electron chi connectivity index (χ3n) is 3.64. The van der Waals surface area contributed by atoms with Crippen LogP contribution in [0.3, 0.4) is 0 Å². The minimum atomic E-state index is 0.254. The van der Waals surface area contributed by atoms with Crippen LogP contribution in [0.1, 0.15) is 17.3 Å². The van der Waals surface area contributed by atoms with Crippen LogP contribution in [0, 0.1) is 6.92 Å². The van der Waals surface area contributed by atoms with E-state index < -0.39 is 0 Å². The average Bonchev–Trinajstić information content (AvgIpc) is 3.07. The molecule has 0 amide bonds. The summed E-state index contributed by atoms with van der Waals surface area (Å²) in [7, 11) is 1.64. The van der Waals surface area contributed by atoms with E-state index in [0.717, 1.165) is 11.3 Å². The molecule has 3 aromatic rings. The fourth-order valence-corrected chi connectivity index (χ4v) is 2.28. The van der Waals surface area contributed by atoms with Crippen molar-refractivity contribution in [3.05, 3.63) is 65.8 Å². The number of methoxy groups -OCH3 is 1. The van der Waals surface area contributed by atoms with Crippen LogP contribution in [0.2, 0.25) is 0 Å². The topological polar surface area (TPSA) is 57.4 Å². The van der Waals surface area contributed by atoms with Crippen molar-refractivity contribution < 1.29 is 14.0 Å². The van der Waals surface area contributed by atoms with Crippen molar-refractivity contribution in [2.75, 3.05) is 13.7 Å². The van der Waals surface area contributed by atoms with Crippen molar-refractivity contribution in [3.8, 4) is 16.9 Å². The molecule has 2 aromatic carbocycles. The fourth-order valence-electron chi connectivity index (χ4n) is 2.28. The lowest BCUT2D eigenvalue weighted by atomic mass is 10.0. The summed E-state index contributed by atoms with van der Waals surface area (Å²) in [6, 6.07) is 16.4. The minimum absolute atomic E-state index is 0.254. The highest BCUT2D eigenvalue weighted by Crippen LogP contribution is 2.23. The van der Waals surface area contributed by atoms with Crippen LogP contribution in [-0.2, 0) is 17.8 Å². The van der Waals surface area contributed by atoms with E-state index in [1.165, 1.54) is 11.1 Å². The van der Waals surface area contributed by atoms with Gasteiger partial charge in [0.1, 0.15) is 5.75 Å². The van der Waals surface area contributed by atoms with E-state index in [-0.39, 0.29) is 6.61 Å². The summed E-state index contributed by atoms with van der Waals surface area (Å²) in [6.45, 7) is 2.91. The second kappa shape index (κ2) is 7.75. The van der Waals surface area contributed by atoms with Gasteiger partial charge in [-0.2, -0.15) is 4.98 Å². The Kier molecular flexibility index (Phi) is 5.23. The summed E-state index contributed by atoms with van der Waals surface area (Å²) in [5.41, 5.74) is 3.59. The SMILES string of the molecule is COCCc1noc(COc2ccc(-c3ccc(C)cc3)cc2)n1. The quantitative estimate of drug-likeness (QED) is 0.661. The highest BCUT2D eigenvalue weighted by molar-refractivity contribution is 5.64. The van der Waals surface area contributed by atoms with Crippen LogP contribution in [0.5, 0.6) is 5.75 Å². The number of rotatable bonds is 7. The maximum absolute atomic E-state index is 5.69. The molecule has 124 valence electrons. The van der Waals surface area contributed by atoms with Gasteiger partial charge >= 0.3 is 0 Å². The third kappa shape index (κ3) is 4.20. The number of nitrogens with zero attached hydrogens (tertiary/aromatic N) is 2. The lowest BCUT2D eigenvalue weighted by Crippen LogP contribution is -1.98. The highest BCUT2D eigenvalue weighted by Gasteiger charge is 2.07. The molecule has 3 rings (SSSR count). The van der Waals surface area contributed by atoms with Crippen LogP contribution >= 0.6 is 0 Å². The van der Waals surface area contributed by atoms with Crippen molar-refractivity contribution in [1.82, 2.24) is 10.1 Å². The van der Waals surface area contributed by atoms with Crippen LogP contribution in [0.25, 0.3) is 11.1 Å². The summed E-state index contributed by atoms with van der Waals surface area (Å²) < 4.78 is 15.8. The van der Waals surface area contributed by atoms with Gasteiger partial charge in [-0.1, -0.05) is 47.1 Å². The zero-order valence-electron chi connectivity index (χ0n) is 13.9. The molecule has 5 nitrogen and oxygen atoms in total. The summed E-state index contributed by atoms with van der Waals surface area (Å²) in [5, 5.41) is 3.88. The van der Waals surface area contributed by atoms with Gasteiger partial charge in [0.2, 0.25) is 0 Å². The van der Waals surface area contributed by atoms with Crippen molar-refractivity contribution in [1.29, 1.82) is 0 Å². The Balaban J connectivity index is 1.58. The summed E-state index contributed by atoms with van der Waals surface area (Å²) in [4.78, 5) is 4.25. The van der Waals surface area contributed by atoms with Gasteiger partial charge in [-0.25, -0.2) is 0 Å². The smallest absolute Gasteiger partial charge is 0.264 e. The Labute approximate surface area is 141 Å². The predicted molar refractivity (Wildman–Crippen MR) is 90.8 cm³/mol. The Morgan fingerprint density at radius 3 is 2.29 bits per heavy atom. The monoisotopic (exact) mass is 324 g/mol. The number of aromatic nitrogens is 2. The van der Waals surface area contributed by atoms with Gasteiger partial charge in [0.05, 0.1) is 6.61 Å². The first kappa shape index (κ1) is 16.2. The molecule has 1 aromatic heterocycles. The first-order chi connectivity index (χ1) is 11.7. The van der Waals surface area contributed by atoms with Gasteiger partial charge in [-0.05, 0) is 30.2 Å². The maximum atomic E-state index is 5.69. The molecule has 0 bridgehead atoms. The van der Waals surface area contributed by atoms with E-state index in [2.05, 4.69) is 41.3 Å². The molecule has 0 saturated carbocycles. The van der Waals surface area contributed by atoms with Gasteiger partial charge in [0.15, 0.2) is 12.4 Å².